The van der Waals surface area contributed by atoms with E-state index in [1.165, 1.54) is 18.3 Å². The van der Waals surface area contributed by atoms with Gasteiger partial charge in [0.1, 0.15) is 5.82 Å². The first-order chi connectivity index (χ1) is 8.60. The van der Waals surface area contributed by atoms with E-state index in [0.717, 1.165) is 5.56 Å². The van der Waals surface area contributed by atoms with Crippen molar-refractivity contribution >= 4 is 17.7 Å². The quantitative estimate of drug-likeness (QED) is 0.817. The lowest BCUT2D eigenvalue weighted by Gasteiger charge is -2.09. The predicted molar refractivity (Wildman–Crippen MR) is 66.9 cm³/mol. The zero-order valence-corrected chi connectivity index (χ0v) is 9.66. The molecule has 0 amide bonds. The summed E-state index contributed by atoms with van der Waals surface area (Å²) in [6.45, 7) is 1.77. The summed E-state index contributed by atoms with van der Waals surface area (Å²) in [5.74, 6) is -0.438. The molecule has 0 aliphatic rings. The Morgan fingerprint density at radius 3 is 2.72 bits per heavy atom. The van der Waals surface area contributed by atoms with Gasteiger partial charge in [-0.3, -0.25) is 9.59 Å². The molecule has 0 fully saturated rings. The average Bonchev–Trinajstić information content (AvgIpc) is 2.33. The van der Waals surface area contributed by atoms with Gasteiger partial charge in [0.15, 0.2) is 6.29 Å². The number of halogens is 1. The zero-order valence-electron chi connectivity index (χ0n) is 9.66. The summed E-state index contributed by atoms with van der Waals surface area (Å²) in [6.07, 6.45) is 1.87. The minimum Gasteiger partial charge on any atom is -0.352 e. The number of benzene rings is 1. The maximum Gasteiger partial charge on any atom is 0.250 e. The molecular formula is C13H11FN2O2. The minimum absolute atomic E-state index is 0.217. The summed E-state index contributed by atoms with van der Waals surface area (Å²) >= 11 is 0. The van der Waals surface area contributed by atoms with Gasteiger partial charge in [0, 0.05) is 12.3 Å². The van der Waals surface area contributed by atoms with E-state index < -0.39 is 5.82 Å². The van der Waals surface area contributed by atoms with Crippen molar-refractivity contribution in [3.05, 3.63) is 57.8 Å². The monoisotopic (exact) mass is 246 g/mol. The van der Waals surface area contributed by atoms with Crippen LogP contribution < -0.4 is 10.9 Å². The van der Waals surface area contributed by atoms with Crippen LogP contribution >= 0.6 is 0 Å². The third kappa shape index (κ3) is 2.45. The summed E-state index contributed by atoms with van der Waals surface area (Å²) in [5, 5.41) is 2.73. The van der Waals surface area contributed by atoms with Crippen LogP contribution in [0.4, 0.5) is 15.8 Å². The van der Waals surface area contributed by atoms with Crippen molar-refractivity contribution in [3.63, 3.8) is 0 Å². The molecule has 1 heterocycles. The number of aldehydes is 1. The van der Waals surface area contributed by atoms with Gasteiger partial charge in [0.05, 0.1) is 16.9 Å². The Morgan fingerprint density at radius 1 is 1.28 bits per heavy atom. The normalized spacial score (nSPS) is 10.1. The number of aryl methyl sites for hydroxylation is 1. The van der Waals surface area contributed by atoms with Crippen molar-refractivity contribution in [1.82, 2.24) is 4.98 Å². The highest BCUT2D eigenvalue weighted by Gasteiger charge is 2.06. The topological polar surface area (TPSA) is 62.0 Å². The van der Waals surface area contributed by atoms with Crippen LogP contribution in [-0.2, 0) is 0 Å². The molecule has 1 aromatic heterocycles. The van der Waals surface area contributed by atoms with E-state index in [9.17, 15) is 14.0 Å². The molecule has 0 spiro atoms. The number of pyridine rings is 1. The van der Waals surface area contributed by atoms with Gasteiger partial charge in [0.2, 0.25) is 5.56 Å². The van der Waals surface area contributed by atoms with Gasteiger partial charge >= 0.3 is 0 Å². The van der Waals surface area contributed by atoms with Crippen LogP contribution in [0.15, 0.2) is 35.3 Å². The van der Waals surface area contributed by atoms with E-state index in [1.807, 2.05) is 0 Å². The van der Waals surface area contributed by atoms with Gasteiger partial charge in [-0.1, -0.05) is 6.07 Å². The first kappa shape index (κ1) is 12.0. The Balaban J connectivity index is 2.42. The molecule has 0 radical (unpaired) electrons. The first-order valence-corrected chi connectivity index (χ1v) is 5.31. The van der Waals surface area contributed by atoms with E-state index in [-0.39, 0.29) is 22.5 Å². The van der Waals surface area contributed by atoms with Crippen molar-refractivity contribution in [2.24, 2.45) is 0 Å². The highest BCUT2D eigenvalue weighted by atomic mass is 19.1. The molecule has 0 saturated heterocycles. The van der Waals surface area contributed by atoms with Crippen LogP contribution in [0.25, 0.3) is 0 Å². The number of anilines is 2. The van der Waals surface area contributed by atoms with Crippen LogP contribution in [0, 0.1) is 12.7 Å². The van der Waals surface area contributed by atoms with Crippen molar-refractivity contribution in [1.29, 1.82) is 0 Å². The minimum atomic E-state index is -0.438. The van der Waals surface area contributed by atoms with E-state index in [4.69, 9.17) is 0 Å². The van der Waals surface area contributed by atoms with Gasteiger partial charge in [-0.2, -0.15) is 0 Å². The Labute approximate surface area is 102 Å². The largest absolute Gasteiger partial charge is 0.352 e. The Bertz CT molecular complexity index is 650. The Kier molecular flexibility index (Phi) is 3.23. The summed E-state index contributed by atoms with van der Waals surface area (Å²) < 4.78 is 13.6. The molecule has 2 aromatic rings. The number of aromatic amines is 1. The number of aromatic nitrogens is 1. The lowest BCUT2D eigenvalue weighted by atomic mass is 10.2. The van der Waals surface area contributed by atoms with Crippen molar-refractivity contribution in [2.45, 2.75) is 6.92 Å². The van der Waals surface area contributed by atoms with Gasteiger partial charge in [-0.15, -0.1) is 0 Å². The standard InChI is InChI=1S/C13H11FN2O2/c1-8-2-3-11(10(14)4-8)16-12-5-13(18)15-6-9(12)7-17/h2-7H,1H3,(H2,15,16,18). The summed E-state index contributed by atoms with van der Waals surface area (Å²) in [5.41, 5.74) is 1.18. The molecule has 18 heavy (non-hydrogen) atoms. The van der Waals surface area contributed by atoms with Crippen LogP contribution in [0.5, 0.6) is 0 Å². The maximum absolute atomic E-state index is 13.6. The fourth-order valence-electron chi connectivity index (χ4n) is 1.56. The number of carbonyl (C=O) groups is 1. The van der Waals surface area contributed by atoms with E-state index in [2.05, 4.69) is 10.3 Å². The first-order valence-electron chi connectivity index (χ1n) is 5.31. The highest BCUT2D eigenvalue weighted by Crippen LogP contribution is 2.21. The second kappa shape index (κ2) is 4.83. The lowest BCUT2D eigenvalue weighted by molar-refractivity contribution is 0.112. The SMILES string of the molecule is Cc1ccc(Nc2cc(=O)[nH]cc2C=O)c(F)c1. The molecule has 0 saturated carbocycles. The molecule has 92 valence electrons. The molecule has 0 bridgehead atoms. The van der Waals surface area contributed by atoms with Crippen LogP contribution in [0.2, 0.25) is 0 Å². The number of hydrogen-bond acceptors (Lipinski definition) is 3. The molecule has 2 rings (SSSR count). The second-order valence-electron chi connectivity index (χ2n) is 3.89. The van der Waals surface area contributed by atoms with Gasteiger partial charge < -0.3 is 10.3 Å². The van der Waals surface area contributed by atoms with E-state index in [0.29, 0.717) is 6.29 Å². The zero-order chi connectivity index (χ0) is 13.1. The van der Waals surface area contributed by atoms with Crippen LogP contribution in [0.3, 0.4) is 0 Å². The van der Waals surface area contributed by atoms with E-state index in [1.54, 1.807) is 19.1 Å². The highest BCUT2D eigenvalue weighted by molar-refractivity contribution is 5.85. The van der Waals surface area contributed by atoms with Crippen molar-refractivity contribution in [3.8, 4) is 0 Å². The summed E-state index contributed by atoms with van der Waals surface area (Å²) in [7, 11) is 0. The average molecular weight is 246 g/mol. The number of carbonyl (C=O) groups excluding carboxylic acids is 1. The molecule has 0 aliphatic heterocycles. The number of rotatable bonds is 3. The fourth-order valence-corrected chi connectivity index (χ4v) is 1.56. The second-order valence-corrected chi connectivity index (χ2v) is 3.89. The molecule has 0 aliphatic carbocycles. The van der Waals surface area contributed by atoms with Crippen LogP contribution in [-0.4, -0.2) is 11.3 Å². The molecule has 1 aromatic carbocycles. The Hall–Kier alpha value is -2.43. The summed E-state index contributed by atoms with van der Waals surface area (Å²) in [4.78, 5) is 24.4. The smallest absolute Gasteiger partial charge is 0.250 e. The molecule has 0 unspecified atom stereocenters. The third-order valence-electron chi connectivity index (χ3n) is 2.48. The van der Waals surface area contributed by atoms with Crippen LogP contribution in [0.1, 0.15) is 15.9 Å². The van der Waals surface area contributed by atoms with Gasteiger partial charge in [-0.25, -0.2) is 4.39 Å². The number of H-pyrrole nitrogens is 1. The molecule has 5 heteroatoms. The molecule has 4 nitrogen and oxygen atoms in total. The van der Waals surface area contributed by atoms with Crippen molar-refractivity contribution < 1.29 is 9.18 Å². The third-order valence-corrected chi connectivity index (χ3v) is 2.48. The van der Waals surface area contributed by atoms with E-state index >= 15 is 0 Å². The molecular weight excluding hydrogens is 235 g/mol. The van der Waals surface area contributed by atoms with Crippen molar-refractivity contribution in [2.75, 3.05) is 5.32 Å². The Morgan fingerprint density at radius 2 is 2.06 bits per heavy atom. The number of nitrogens with one attached hydrogen (secondary N) is 2. The fraction of sp³-hybridized carbons (Fsp3) is 0.0769. The maximum atomic E-state index is 13.6. The van der Waals surface area contributed by atoms with Gasteiger partial charge in [0.25, 0.3) is 0 Å². The summed E-state index contributed by atoms with van der Waals surface area (Å²) in [6, 6.07) is 5.87. The molecule has 0 atom stereocenters. The predicted octanol–water partition coefficient (Wildman–Crippen LogP) is 2.38. The van der Waals surface area contributed by atoms with Gasteiger partial charge in [-0.05, 0) is 24.6 Å². The molecule has 2 N–H and O–H groups in total. The number of hydrogen-bond donors (Lipinski definition) is 2. The lowest BCUT2D eigenvalue weighted by Crippen LogP contribution is -2.08.